The van der Waals surface area contributed by atoms with Gasteiger partial charge in [-0.2, -0.15) is 5.26 Å². The Bertz CT molecular complexity index is 634. The molecule has 1 N–H and O–H groups in total. The standard InChI is InChI=1S/C17H19N3O/c1-3-15(14-9-5-6-10-16(14)21-4-2)20-17-11-7-8-13(12-18)19-17/h5-11,15H,3-4H2,1-2H3,(H,19,20). The molecule has 2 rings (SSSR count). The first-order valence-electron chi connectivity index (χ1n) is 7.13. The number of nitriles is 1. The molecule has 1 atom stereocenters. The molecule has 1 heterocycles. The number of hydrogen-bond acceptors (Lipinski definition) is 4. The predicted octanol–water partition coefficient (Wildman–Crippen LogP) is 3.92. The van der Waals surface area contributed by atoms with Gasteiger partial charge in [0.25, 0.3) is 0 Å². The van der Waals surface area contributed by atoms with Crippen LogP contribution >= 0.6 is 0 Å². The van der Waals surface area contributed by atoms with Gasteiger partial charge in [0.2, 0.25) is 0 Å². The van der Waals surface area contributed by atoms with Gasteiger partial charge in [0.05, 0.1) is 12.6 Å². The average molecular weight is 281 g/mol. The van der Waals surface area contributed by atoms with Crippen molar-refractivity contribution in [2.75, 3.05) is 11.9 Å². The van der Waals surface area contributed by atoms with Gasteiger partial charge in [-0.05, 0) is 31.5 Å². The summed E-state index contributed by atoms with van der Waals surface area (Å²) in [6.07, 6.45) is 0.891. The molecular weight excluding hydrogens is 262 g/mol. The lowest BCUT2D eigenvalue weighted by Gasteiger charge is -2.21. The highest BCUT2D eigenvalue weighted by molar-refractivity contribution is 5.44. The molecule has 0 bridgehead atoms. The molecule has 0 amide bonds. The molecular formula is C17H19N3O. The van der Waals surface area contributed by atoms with Crippen LogP contribution in [0.25, 0.3) is 0 Å². The molecule has 1 unspecified atom stereocenters. The van der Waals surface area contributed by atoms with Crippen LogP contribution in [0.15, 0.2) is 42.5 Å². The Morgan fingerprint density at radius 2 is 2.00 bits per heavy atom. The van der Waals surface area contributed by atoms with E-state index >= 15 is 0 Å². The minimum Gasteiger partial charge on any atom is -0.494 e. The van der Waals surface area contributed by atoms with Gasteiger partial charge < -0.3 is 10.1 Å². The zero-order valence-corrected chi connectivity index (χ0v) is 12.3. The first-order chi connectivity index (χ1) is 10.3. The zero-order valence-electron chi connectivity index (χ0n) is 12.3. The van der Waals surface area contributed by atoms with Crippen LogP contribution in [-0.4, -0.2) is 11.6 Å². The maximum absolute atomic E-state index is 8.92. The van der Waals surface area contributed by atoms with Crippen molar-refractivity contribution in [3.05, 3.63) is 53.7 Å². The van der Waals surface area contributed by atoms with E-state index in [9.17, 15) is 0 Å². The summed E-state index contributed by atoms with van der Waals surface area (Å²) < 4.78 is 5.69. The van der Waals surface area contributed by atoms with Crippen LogP contribution in [0.5, 0.6) is 5.75 Å². The lowest BCUT2D eigenvalue weighted by Crippen LogP contribution is -2.12. The lowest BCUT2D eigenvalue weighted by atomic mass is 10.0. The Labute approximate surface area is 125 Å². The van der Waals surface area contributed by atoms with Crippen LogP contribution in [-0.2, 0) is 0 Å². The van der Waals surface area contributed by atoms with E-state index in [1.165, 1.54) is 0 Å². The molecule has 0 saturated heterocycles. The number of nitrogens with zero attached hydrogens (tertiary/aromatic N) is 2. The molecule has 1 aromatic heterocycles. The second-order valence-corrected chi connectivity index (χ2v) is 4.60. The molecule has 0 spiro atoms. The Kier molecular flexibility index (Phi) is 5.16. The molecule has 0 fully saturated rings. The predicted molar refractivity (Wildman–Crippen MR) is 83.2 cm³/mol. The highest BCUT2D eigenvalue weighted by Gasteiger charge is 2.14. The first-order valence-corrected chi connectivity index (χ1v) is 7.13. The van der Waals surface area contributed by atoms with E-state index in [-0.39, 0.29) is 6.04 Å². The van der Waals surface area contributed by atoms with E-state index in [0.717, 1.165) is 17.7 Å². The van der Waals surface area contributed by atoms with E-state index < -0.39 is 0 Å². The van der Waals surface area contributed by atoms with Crippen molar-refractivity contribution < 1.29 is 4.74 Å². The minimum absolute atomic E-state index is 0.0918. The molecule has 4 nitrogen and oxygen atoms in total. The van der Waals surface area contributed by atoms with Gasteiger partial charge in [0.15, 0.2) is 0 Å². The van der Waals surface area contributed by atoms with Crippen LogP contribution in [0.2, 0.25) is 0 Å². The third-order valence-electron chi connectivity index (χ3n) is 3.19. The minimum atomic E-state index is 0.0918. The number of hydrogen-bond donors (Lipinski definition) is 1. The Morgan fingerprint density at radius 1 is 1.19 bits per heavy atom. The normalized spacial score (nSPS) is 11.5. The second kappa shape index (κ2) is 7.30. The Hall–Kier alpha value is -2.54. The number of pyridine rings is 1. The van der Waals surface area contributed by atoms with Gasteiger partial charge in [-0.3, -0.25) is 0 Å². The summed E-state index contributed by atoms with van der Waals surface area (Å²) in [6.45, 7) is 4.72. The van der Waals surface area contributed by atoms with Gasteiger partial charge >= 0.3 is 0 Å². The zero-order chi connectivity index (χ0) is 15.1. The molecule has 1 aromatic carbocycles. The summed E-state index contributed by atoms with van der Waals surface area (Å²) in [5.41, 5.74) is 1.51. The number of rotatable bonds is 6. The van der Waals surface area contributed by atoms with Gasteiger partial charge in [0.1, 0.15) is 23.3 Å². The number of anilines is 1. The highest BCUT2D eigenvalue weighted by atomic mass is 16.5. The topological polar surface area (TPSA) is 57.9 Å². The third kappa shape index (κ3) is 3.73. The van der Waals surface area contributed by atoms with E-state index in [4.69, 9.17) is 10.00 Å². The number of para-hydroxylation sites is 1. The van der Waals surface area contributed by atoms with Crippen molar-refractivity contribution in [1.82, 2.24) is 4.98 Å². The number of benzene rings is 1. The monoisotopic (exact) mass is 281 g/mol. The molecule has 0 aliphatic rings. The number of ether oxygens (including phenoxy) is 1. The van der Waals surface area contributed by atoms with Gasteiger partial charge in [-0.15, -0.1) is 0 Å². The molecule has 108 valence electrons. The molecule has 0 aliphatic carbocycles. The quantitative estimate of drug-likeness (QED) is 0.872. The van der Waals surface area contributed by atoms with E-state index in [1.807, 2.05) is 37.3 Å². The summed E-state index contributed by atoms with van der Waals surface area (Å²) in [4.78, 5) is 4.27. The van der Waals surface area contributed by atoms with Crippen LogP contribution in [0.3, 0.4) is 0 Å². The largest absolute Gasteiger partial charge is 0.494 e. The molecule has 0 saturated carbocycles. The first kappa shape index (κ1) is 14.9. The van der Waals surface area contributed by atoms with Crippen molar-refractivity contribution in [1.29, 1.82) is 5.26 Å². The second-order valence-electron chi connectivity index (χ2n) is 4.60. The summed E-state index contributed by atoms with van der Waals surface area (Å²) in [5, 5.41) is 12.3. The van der Waals surface area contributed by atoms with E-state index in [0.29, 0.717) is 18.1 Å². The lowest BCUT2D eigenvalue weighted by molar-refractivity contribution is 0.334. The number of aromatic nitrogens is 1. The summed E-state index contributed by atoms with van der Waals surface area (Å²) in [5.74, 6) is 1.59. The SMILES string of the molecule is CCOc1ccccc1C(CC)Nc1cccc(C#N)n1. The van der Waals surface area contributed by atoms with Crippen molar-refractivity contribution in [3.8, 4) is 11.8 Å². The van der Waals surface area contributed by atoms with Crippen LogP contribution in [0.4, 0.5) is 5.82 Å². The maximum Gasteiger partial charge on any atom is 0.142 e. The molecule has 4 heteroatoms. The van der Waals surface area contributed by atoms with Gasteiger partial charge in [-0.1, -0.05) is 31.2 Å². The van der Waals surface area contributed by atoms with Gasteiger partial charge in [0, 0.05) is 5.56 Å². The van der Waals surface area contributed by atoms with E-state index in [2.05, 4.69) is 29.4 Å². The average Bonchev–Trinajstić information content (AvgIpc) is 2.54. The fraction of sp³-hybridized carbons (Fsp3) is 0.294. The van der Waals surface area contributed by atoms with Crippen LogP contribution < -0.4 is 10.1 Å². The van der Waals surface area contributed by atoms with Crippen molar-refractivity contribution in [2.24, 2.45) is 0 Å². The molecule has 2 aromatic rings. The number of nitrogens with one attached hydrogen (secondary N) is 1. The van der Waals surface area contributed by atoms with Crippen LogP contribution in [0, 0.1) is 11.3 Å². The van der Waals surface area contributed by atoms with Crippen molar-refractivity contribution in [3.63, 3.8) is 0 Å². The Balaban J connectivity index is 2.26. The third-order valence-corrected chi connectivity index (χ3v) is 3.19. The maximum atomic E-state index is 8.92. The fourth-order valence-corrected chi connectivity index (χ4v) is 2.21. The van der Waals surface area contributed by atoms with Crippen LogP contribution in [0.1, 0.15) is 37.6 Å². The smallest absolute Gasteiger partial charge is 0.142 e. The Morgan fingerprint density at radius 3 is 2.71 bits per heavy atom. The molecule has 21 heavy (non-hydrogen) atoms. The summed E-state index contributed by atoms with van der Waals surface area (Å²) in [6, 6.07) is 15.5. The molecule has 0 radical (unpaired) electrons. The highest BCUT2D eigenvalue weighted by Crippen LogP contribution is 2.29. The molecule has 0 aliphatic heterocycles. The van der Waals surface area contributed by atoms with Gasteiger partial charge in [-0.25, -0.2) is 4.98 Å². The summed E-state index contributed by atoms with van der Waals surface area (Å²) >= 11 is 0. The van der Waals surface area contributed by atoms with E-state index in [1.54, 1.807) is 6.07 Å². The van der Waals surface area contributed by atoms with Crippen molar-refractivity contribution in [2.45, 2.75) is 26.3 Å². The summed E-state index contributed by atoms with van der Waals surface area (Å²) in [7, 11) is 0. The van der Waals surface area contributed by atoms with Crippen molar-refractivity contribution >= 4 is 5.82 Å². The fourth-order valence-electron chi connectivity index (χ4n) is 2.21.